The van der Waals surface area contributed by atoms with Crippen molar-refractivity contribution in [3.8, 4) is 0 Å². The van der Waals surface area contributed by atoms with Gasteiger partial charge in [-0.1, -0.05) is 26.0 Å². The number of piperidine rings is 1. The fraction of sp³-hybridized carbons (Fsp3) is 0.611. The minimum absolute atomic E-state index is 0.268. The van der Waals surface area contributed by atoms with E-state index in [1.54, 1.807) is 0 Å². The van der Waals surface area contributed by atoms with Gasteiger partial charge >= 0.3 is 5.97 Å². The van der Waals surface area contributed by atoms with Crippen molar-refractivity contribution in [3.63, 3.8) is 0 Å². The van der Waals surface area contributed by atoms with E-state index in [1.165, 1.54) is 45.0 Å². The number of carbonyl (C=O) groups is 1. The van der Waals surface area contributed by atoms with Gasteiger partial charge in [0.05, 0.1) is 12.7 Å². The third-order valence-corrected chi connectivity index (χ3v) is 4.29. The molecule has 0 unspecified atom stereocenters. The minimum Gasteiger partial charge on any atom is -0.465 e. The van der Waals surface area contributed by atoms with Crippen LogP contribution in [0.5, 0.6) is 0 Å². The molecule has 1 aliphatic rings. The van der Waals surface area contributed by atoms with Crippen LogP contribution in [-0.2, 0) is 11.3 Å². The van der Waals surface area contributed by atoms with E-state index in [0.717, 1.165) is 18.4 Å². The number of ether oxygens (including phenoxy) is 1. The van der Waals surface area contributed by atoms with Gasteiger partial charge in [-0.15, -0.1) is 0 Å². The molecule has 21 heavy (non-hydrogen) atoms. The molecule has 1 aromatic carbocycles. The Bertz CT molecular complexity index is 445. The number of nitrogens with zero attached hydrogens (tertiary/aromatic N) is 1. The first-order chi connectivity index (χ1) is 10.1. The van der Waals surface area contributed by atoms with Gasteiger partial charge in [-0.25, -0.2) is 4.79 Å². The van der Waals surface area contributed by atoms with E-state index in [1.807, 2.05) is 24.3 Å². The molecule has 1 aliphatic heterocycles. The highest BCUT2D eigenvalue weighted by molar-refractivity contribution is 5.89. The number of likely N-dealkylation sites (tertiary alicyclic amines) is 1. The molecule has 0 atom stereocenters. The number of esters is 1. The third-order valence-electron chi connectivity index (χ3n) is 4.29. The highest BCUT2D eigenvalue weighted by Crippen LogP contribution is 2.24. The summed E-state index contributed by atoms with van der Waals surface area (Å²) >= 11 is 0. The molecular formula is C18H27NO2. The first-order valence-electron chi connectivity index (χ1n) is 7.98. The van der Waals surface area contributed by atoms with Gasteiger partial charge in [-0.05, 0) is 61.9 Å². The van der Waals surface area contributed by atoms with Crippen LogP contribution in [0.2, 0.25) is 0 Å². The van der Waals surface area contributed by atoms with E-state index < -0.39 is 0 Å². The minimum atomic E-state index is -0.268. The van der Waals surface area contributed by atoms with Gasteiger partial charge in [-0.3, -0.25) is 4.90 Å². The Morgan fingerprint density at radius 1 is 1.24 bits per heavy atom. The van der Waals surface area contributed by atoms with Crippen LogP contribution in [0.3, 0.4) is 0 Å². The SMILES string of the molecule is COC(=O)c1ccc(CN2CCC(CC(C)C)CC2)cc1. The molecular weight excluding hydrogens is 262 g/mol. The zero-order chi connectivity index (χ0) is 15.2. The monoisotopic (exact) mass is 289 g/mol. The first-order valence-corrected chi connectivity index (χ1v) is 7.98. The zero-order valence-electron chi connectivity index (χ0n) is 13.5. The second kappa shape index (κ2) is 7.60. The molecule has 3 nitrogen and oxygen atoms in total. The van der Waals surface area contributed by atoms with E-state index >= 15 is 0 Å². The molecule has 0 N–H and O–H groups in total. The molecule has 3 heteroatoms. The maximum absolute atomic E-state index is 11.4. The average Bonchev–Trinajstić information content (AvgIpc) is 2.49. The summed E-state index contributed by atoms with van der Waals surface area (Å²) in [7, 11) is 1.41. The van der Waals surface area contributed by atoms with Crippen LogP contribution >= 0.6 is 0 Å². The molecule has 0 aliphatic carbocycles. The van der Waals surface area contributed by atoms with Crippen LogP contribution in [0, 0.1) is 11.8 Å². The number of benzene rings is 1. The highest BCUT2D eigenvalue weighted by Gasteiger charge is 2.19. The van der Waals surface area contributed by atoms with Crippen molar-refractivity contribution in [2.24, 2.45) is 11.8 Å². The van der Waals surface area contributed by atoms with Crippen molar-refractivity contribution >= 4 is 5.97 Å². The Hall–Kier alpha value is -1.35. The molecule has 1 aromatic rings. The predicted octanol–water partition coefficient (Wildman–Crippen LogP) is 3.73. The predicted molar refractivity (Wildman–Crippen MR) is 85.2 cm³/mol. The number of rotatable bonds is 5. The Kier molecular flexibility index (Phi) is 5.80. The molecule has 0 bridgehead atoms. The summed E-state index contributed by atoms with van der Waals surface area (Å²) in [5.74, 6) is 1.45. The lowest BCUT2D eigenvalue weighted by atomic mass is 9.88. The number of carbonyl (C=O) groups excluding carboxylic acids is 1. The largest absolute Gasteiger partial charge is 0.465 e. The molecule has 1 fully saturated rings. The average molecular weight is 289 g/mol. The maximum Gasteiger partial charge on any atom is 0.337 e. The number of hydrogen-bond donors (Lipinski definition) is 0. The van der Waals surface area contributed by atoms with Gasteiger partial charge in [0.25, 0.3) is 0 Å². The maximum atomic E-state index is 11.4. The lowest BCUT2D eigenvalue weighted by molar-refractivity contribution is 0.0600. The zero-order valence-corrected chi connectivity index (χ0v) is 13.5. The summed E-state index contributed by atoms with van der Waals surface area (Å²) in [6, 6.07) is 7.78. The quantitative estimate of drug-likeness (QED) is 0.774. The van der Waals surface area contributed by atoms with Crippen LogP contribution in [0.4, 0.5) is 0 Å². The van der Waals surface area contributed by atoms with E-state index in [-0.39, 0.29) is 5.97 Å². The van der Waals surface area contributed by atoms with Gasteiger partial charge < -0.3 is 4.74 Å². The van der Waals surface area contributed by atoms with Crippen molar-refractivity contribution in [2.45, 2.75) is 39.7 Å². The Labute approximate surface area is 128 Å². The van der Waals surface area contributed by atoms with E-state index in [0.29, 0.717) is 5.56 Å². The molecule has 0 aromatic heterocycles. The van der Waals surface area contributed by atoms with Crippen LogP contribution in [0.15, 0.2) is 24.3 Å². The van der Waals surface area contributed by atoms with Gasteiger partial charge in [0.15, 0.2) is 0 Å². The molecule has 2 rings (SSSR count). The fourth-order valence-electron chi connectivity index (χ4n) is 3.17. The Balaban J connectivity index is 1.82. The Morgan fingerprint density at radius 3 is 2.38 bits per heavy atom. The molecule has 1 saturated heterocycles. The lowest BCUT2D eigenvalue weighted by Gasteiger charge is -2.32. The standard InChI is InChI=1S/C18H27NO2/c1-14(2)12-15-8-10-19(11-9-15)13-16-4-6-17(7-5-16)18(20)21-3/h4-7,14-15H,8-13H2,1-3H3. The smallest absolute Gasteiger partial charge is 0.337 e. The van der Waals surface area contributed by atoms with Crippen molar-refractivity contribution in [1.29, 1.82) is 0 Å². The van der Waals surface area contributed by atoms with Crippen molar-refractivity contribution < 1.29 is 9.53 Å². The fourth-order valence-corrected chi connectivity index (χ4v) is 3.17. The summed E-state index contributed by atoms with van der Waals surface area (Å²) in [5, 5.41) is 0. The molecule has 116 valence electrons. The first kappa shape index (κ1) is 16.0. The van der Waals surface area contributed by atoms with Crippen LogP contribution in [-0.4, -0.2) is 31.1 Å². The second-order valence-corrected chi connectivity index (χ2v) is 6.54. The van der Waals surface area contributed by atoms with E-state index in [9.17, 15) is 4.79 Å². The van der Waals surface area contributed by atoms with Crippen molar-refractivity contribution in [2.75, 3.05) is 20.2 Å². The third kappa shape index (κ3) is 4.85. The molecule has 1 heterocycles. The summed E-state index contributed by atoms with van der Waals surface area (Å²) < 4.78 is 4.72. The van der Waals surface area contributed by atoms with Crippen LogP contribution in [0.1, 0.15) is 49.0 Å². The van der Waals surface area contributed by atoms with Crippen molar-refractivity contribution in [3.05, 3.63) is 35.4 Å². The summed E-state index contributed by atoms with van der Waals surface area (Å²) in [6.45, 7) is 7.99. The number of methoxy groups -OCH3 is 1. The van der Waals surface area contributed by atoms with Gasteiger partial charge in [0, 0.05) is 6.54 Å². The van der Waals surface area contributed by atoms with E-state index in [4.69, 9.17) is 4.74 Å². The summed E-state index contributed by atoms with van der Waals surface area (Å²) in [5.41, 5.74) is 1.89. The van der Waals surface area contributed by atoms with Gasteiger partial charge in [0.1, 0.15) is 0 Å². The molecule has 0 saturated carbocycles. The lowest BCUT2D eigenvalue weighted by Crippen LogP contribution is -2.33. The second-order valence-electron chi connectivity index (χ2n) is 6.54. The molecule has 0 spiro atoms. The normalized spacial score (nSPS) is 17.1. The van der Waals surface area contributed by atoms with Gasteiger partial charge in [0.2, 0.25) is 0 Å². The van der Waals surface area contributed by atoms with Crippen LogP contribution in [0.25, 0.3) is 0 Å². The van der Waals surface area contributed by atoms with Crippen LogP contribution < -0.4 is 0 Å². The molecule has 0 amide bonds. The topological polar surface area (TPSA) is 29.5 Å². The molecule has 0 radical (unpaired) electrons. The number of hydrogen-bond acceptors (Lipinski definition) is 3. The summed E-state index contributed by atoms with van der Waals surface area (Å²) in [6.07, 6.45) is 4.00. The Morgan fingerprint density at radius 2 is 1.86 bits per heavy atom. The van der Waals surface area contributed by atoms with E-state index in [2.05, 4.69) is 18.7 Å². The highest BCUT2D eigenvalue weighted by atomic mass is 16.5. The van der Waals surface area contributed by atoms with Crippen molar-refractivity contribution in [1.82, 2.24) is 4.90 Å². The summed E-state index contributed by atoms with van der Waals surface area (Å²) in [4.78, 5) is 13.9. The van der Waals surface area contributed by atoms with Gasteiger partial charge in [-0.2, -0.15) is 0 Å².